The van der Waals surface area contributed by atoms with Crippen molar-refractivity contribution in [2.75, 3.05) is 26.2 Å². The van der Waals surface area contributed by atoms with Crippen LogP contribution in [0.1, 0.15) is 25.8 Å². The van der Waals surface area contributed by atoms with Gasteiger partial charge in [0.1, 0.15) is 5.75 Å². The standard InChI is InChI=1S/C17H26N2O/c1-3-17-16-10-18-9-14(16)12-19(17)11-13-5-7-15(8-6-13)20-4-2/h5-8,14,16-18H,3-4,9-12H2,1-2H3. The topological polar surface area (TPSA) is 24.5 Å². The van der Waals surface area contributed by atoms with E-state index in [0.717, 1.165) is 36.8 Å². The van der Waals surface area contributed by atoms with E-state index in [1.54, 1.807) is 0 Å². The molecule has 2 heterocycles. The van der Waals surface area contributed by atoms with E-state index < -0.39 is 0 Å². The van der Waals surface area contributed by atoms with E-state index in [2.05, 4.69) is 41.4 Å². The second-order valence-electron chi connectivity index (χ2n) is 6.06. The maximum absolute atomic E-state index is 5.51. The molecular formula is C17H26N2O. The zero-order valence-corrected chi connectivity index (χ0v) is 12.6. The molecule has 3 rings (SSSR count). The molecular weight excluding hydrogens is 248 g/mol. The number of likely N-dealkylation sites (tertiary alicyclic amines) is 1. The largest absolute Gasteiger partial charge is 0.494 e. The number of benzene rings is 1. The van der Waals surface area contributed by atoms with Crippen LogP contribution in [0.3, 0.4) is 0 Å². The molecule has 0 radical (unpaired) electrons. The van der Waals surface area contributed by atoms with Crippen LogP contribution in [-0.2, 0) is 6.54 Å². The third-order valence-corrected chi connectivity index (χ3v) is 4.86. The molecule has 3 heteroatoms. The van der Waals surface area contributed by atoms with Crippen molar-refractivity contribution in [3.8, 4) is 5.75 Å². The molecule has 2 fully saturated rings. The van der Waals surface area contributed by atoms with Crippen LogP contribution in [0, 0.1) is 11.8 Å². The molecule has 1 aromatic rings. The lowest BCUT2D eigenvalue weighted by Gasteiger charge is -2.26. The van der Waals surface area contributed by atoms with Crippen LogP contribution in [0.5, 0.6) is 5.75 Å². The van der Waals surface area contributed by atoms with Gasteiger partial charge in [0.2, 0.25) is 0 Å². The first-order valence-electron chi connectivity index (χ1n) is 7.98. The molecule has 0 saturated carbocycles. The fraction of sp³-hybridized carbons (Fsp3) is 0.647. The number of nitrogens with one attached hydrogen (secondary N) is 1. The molecule has 0 aliphatic carbocycles. The highest BCUT2D eigenvalue weighted by Gasteiger charge is 2.42. The van der Waals surface area contributed by atoms with E-state index in [4.69, 9.17) is 4.74 Å². The van der Waals surface area contributed by atoms with Gasteiger partial charge in [-0.1, -0.05) is 19.1 Å². The summed E-state index contributed by atoms with van der Waals surface area (Å²) in [7, 11) is 0. The average Bonchev–Trinajstić information content (AvgIpc) is 3.01. The van der Waals surface area contributed by atoms with E-state index >= 15 is 0 Å². The Labute approximate surface area is 122 Å². The van der Waals surface area contributed by atoms with Crippen LogP contribution >= 0.6 is 0 Å². The van der Waals surface area contributed by atoms with Crippen molar-refractivity contribution >= 4 is 0 Å². The molecule has 3 atom stereocenters. The van der Waals surface area contributed by atoms with Crippen LogP contribution < -0.4 is 10.1 Å². The Hall–Kier alpha value is -1.06. The third-order valence-electron chi connectivity index (χ3n) is 4.86. The molecule has 0 aromatic heterocycles. The van der Waals surface area contributed by atoms with Crippen molar-refractivity contribution in [1.82, 2.24) is 10.2 Å². The summed E-state index contributed by atoms with van der Waals surface area (Å²) in [5.41, 5.74) is 1.40. The van der Waals surface area contributed by atoms with Crippen molar-refractivity contribution in [2.45, 2.75) is 32.9 Å². The Morgan fingerprint density at radius 1 is 1.20 bits per heavy atom. The van der Waals surface area contributed by atoms with Crippen LogP contribution in [0.2, 0.25) is 0 Å². The van der Waals surface area contributed by atoms with E-state index in [1.807, 2.05) is 6.92 Å². The van der Waals surface area contributed by atoms with E-state index in [1.165, 1.54) is 31.6 Å². The number of rotatable bonds is 5. The molecule has 1 aromatic carbocycles. The van der Waals surface area contributed by atoms with Crippen molar-refractivity contribution in [1.29, 1.82) is 0 Å². The Balaban J connectivity index is 1.65. The van der Waals surface area contributed by atoms with Gasteiger partial charge in [0.25, 0.3) is 0 Å². The van der Waals surface area contributed by atoms with E-state index in [0.29, 0.717) is 0 Å². The number of hydrogen-bond donors (Lipinski definition) is 1. The monoisotopic (exact) mass is 274 g/mol. The summed E-state index contributed by atoms with van der Waals surface area (Å²) < 4.78 is 5.51. The first kappa shape index (κ1) is 13.9. The van der Waals surface area contributed by atoms with Gasteiger partial charge in [-0.05, 0) is 56.0 Å². The Morgan fingerprint density at radius 2 is 2.00 bits per heavy atom. The molecule has 0 bridgehead atoms. The predicted molar refractivity (Wildman–Crippen MR) is 81.9 cm³/mol. The molecule has 1 N–H and O–H groups in total. The number of ether oxygens (including phenoxy) is 1. The van der Waals surface area contributed by atoms with Gasteiger partial charge in [-0.25, -0.2) is 0 Å². The summed E-state index contributed by atoms with van der Waals surface area (Å²) in [5.74, 6) is 2.70. The van der Waals surface area contributed by atoms with Crippen molar-refractivity contribution in [3.05, 3.63) is 29.8 Å². The summed E-state index contributed by atoms with van der Waals surface area (Å²) >= 11 is 0. The minimum atomic E-state index is 0.736. The van der Waals surface area contributed by atoms with Gasteiger partial charge in [-0.3, -0.25) is 4.90 Å². The molecule has 2 aliphatic heterocycles. The molecule has 3 unspecified atom stereocenters. The van der Waals surface area contributed by atoms with Gasteiger partial charge >= 0.3 is 0 Å². The zero-order valence-electron chi connectivity index (χ0n) is 12.6. The minimum Gasteiger partial charge on any atom is -0.494 e. The lowest BCUT2D eigenvalue weighted by molar-refractivity contribution is 0.210. The maximum atomic E-state index is 5.51. The van der Waals surface area contributed by atoms with Crippen LogP contribution in [0.15, 0.2) is 24.3 Å². The van der Waals surface area contributed by atoms with E-state index in [-0.39, 0.29) is 0 Å². The summed E-state index contributed by atoms with van der Waals surface area (Å²) in [6.07, 6.45) is 1.26. The highest BCUT2D eigenvalue weighted by atomic mass is 16.5. The molecule has 2 aliphatic rings. The lowest BCUT2D eigenvalue weighted by Crippen LogP contribution is -2.34. The third kappa shape index (κ3) is 2.70. The van der Waals surface area contributed by atoms with Gasteiger partial charge in [-0.15, -0.1) is 0 Å². The van der Waals surface area contributed by atoms with Crippen molar-refractivity contribution in [3.63, 3.8) is 0 Å². The second kappa shape index (κ2) is 6.15. The highest BCUT2D eigenvalue weighted by Crippen LogP contribution is 2.35. The Bertz CT molecular complexity index is 431. The first-order valence-corrected chi connectivity index (χ1v) is 7.98. The van der Waals surface area contributed by atoms with Gasteiger partial charge in [0, 0.05) is 19.1 Å². The maximum Gasteiger partial charge on any atom is 0.119 e. The lowest BCUT2D eigenvalue weighted by atomic mass is 9.93. The normalized spacial score (nSPS) is 29.6. The number of nitrogens with zero attached hydrogens (tertiary/aromatic N) is 1. The molecule has 2 saturated heterocycles. The Morgan fingerprint density at radius 3 is 2.70 bits per heavy atom. The predicted octanol–water partition coefficient (Wildman–Crippen LogP) is 2.52. The highest BCUT2D eigenvalue weighted by molar-refractivity contribution is 5.27. The van der Waals surface area contributed by atoms with Crippen molar-refractivity contribution < 1.29 is 4.74 Å². The zero-order chi connectivity index (χ0) is 13.9. The fourth-order valence-electron chi connectivity index (χ4n) is 3.95. The van der Waals surface area contributed by atoms with Gasteiger partial charge in [-0.2, -0.15) is 0 Å². The smallest absolute Gasteiger partial charge is 0.119 e. The van der Waals surface area contributed by atoms with Crippen LogP contribution in [-0.4, -0.2) is 37.2 Å². The van der Waals surface area contributed by atoms with E-state index in [9.17, 15) is 0 Å². The number of hydrogen-bond acceptors (Lipinski definition) is 3. The summed E-state index contributed by atoms with van der Waals surface area (Å²) in [6, 6.07) is 9.37. The Kier molecular flexibility index (Phi) is 4.27. The summed E-state index contributed by atoms with van der Waals surface area (Å²) in [5, 5.41) is 3.55. The second-order valence-corrected chi connectivity index (χ2v) is 6.06. The fourth-order valence-corrected chi connectivity index (χ4v) is 3.95. The molecule has 0 amide bonds. The average molecular weight is 274 g/mol. The van der Waals surface area contributed by atoms with Crippen molar-refractivity contribution in [2.24, 2.45) is 11.8 Å². The molecule has 20 heavy (non-hydrogen) atoms. The number of fused-ring (bicyclic) bond motifs is 1. The van der Waals surface area contributed by atoms with Gasteiger partial charge in [0.05, 0.1) is 6.61 Å². The first-order chi connectivity index (χ1) is 9.81. The molecule has 0 spiro atoms. The van der Waals surface area contributed by atoms with Crippen LogP contribution in [0.4, 0.5) is 0 Å². The molecule has 3 nitrogen and oxygen atoms in total. The quantitative estimate of drug-likeness (QED) is 0.893. The van der Waals surface area contributed by atoms with Gasteiger partial charge in [0.15, 0.2) is 0 Å². The molecule has 110 valence electrons. The SMILES string of the molecule is CCOc1ccc(CN2CC3CNCC3C2CC)cc1. The van der Waals surface area contributed by atoms with Gasteiger partial charge < -0.3 is 10.1 Å². The van der Waals surface area contributed by atoms with Crippen LogP contribution in [0.25, 0.3) is 0 Å². The minimum absolute atomic E-state index is 0.736. The summed E-state index contributed by atoms with van der Waals surface area (Å²) in [6.45, 7) is 9.85. The summed E-state index contributed by atoms with van der Waals surface area (Å²) in [4.78, 5) is 2.69.